The number of halogens is 1. The highest BCUT2D eigenvalue weighted by atomic mass is 19.1. The lowest BCUT2D eigenvalue weighted by molar-refractivity contribution is 0.627. The molecule has 84 valence electrons. The van der Waals surface area contributed by atoms with E-state index in [-0.39, 0.29) is 11.5 Å². The van der Waals surface area contributed by atoms with Gasteiger partial charge in [0.15, 0.2) is 5.69 Å². The highest BCUT2D eigenvalue weighted by molar-refractivity contribution is 5.59. The molecule has 0 fully saturated rings. The summed E-state index contributed by atoms with van der Waals surface area (Å²) in [6.45, 7) is 1.79. The van der Waals surface area contributed by atoms with Crippen molar-refractivity contribution < 1.29 is 4.39 Å². The van der Waals surface area contributed by atoms with E-state index >= 15 is 0 Å². The lowest BCUT2D eigenvalue weighted by atomic mass is 10.2. The topological polar surface area (TPSA) is 61.6 Å². The molecule has 0 radical (unpaired) electrons. The van der Waals surface area contributed by atoms with Gasteiger partial charge in [0.05, 0.1) is 12.4 Å². The van der Waals surface area contributed by atoms with Crippen molar-refractivity contribution in [1.82, 2.24) is 9.97 Å². The zero-order valence-corrected chi connectivity index (χ0v) is 9.11. The first-order valence-corrected chi connectivity index (χ1v) is 4.94. The van der Waals surface area contributed by atoms with Crippen molar-refractivity contribution in [3.63, 3.8) is 0 Å². The fourth-order valence-corrected chi connectivity index (χ4v) is 1.36. The quantitative estimate of drug-likeness (QED) is 0.857. The summed E-state index contributed by atoms with van der Waals surface area (Å²) in [6, 6.07) is 6.31. The summed E-state index contributed by atoms with van der Waals surface area (Å²) in [5.74, 6) is 0.234. The van der Waals surface area contributed by atoms with Crippen molar-refractivity contribution in [3.8, 4) is 6.07 Å². The van der Waals surface area contributed by atoms with E-state index in [1.54, 1.807) is 13.0 Å². The number of nitriles is 1. The van der Waals surface area contributed by atoms with Gasteiger partial charge in [0.2, 0.25) is 0 Å². The fraction of sp³-hybridized carbons (Fsp3) is 0.0833. The molecular weight excluding hydrogens is 219 g/mol. The van der Waals surface area contributed by atoms with Gasteiger partial charge in [-0.15, -0.1) is 0 Å². The number of aromatic nitrogens is 2. The van der Waals surface area contributed by atoms with E-state index in [4.69, 9.17) is 5.26 Å². The third-order valence-corrected chi connectivity index (χ3v) is 2.22. The van der Waals surface area contributed by atoms with Crippen molar-refractivity contribution in [3.05, 3.63) is 47.7 Å². The largest absolute Gasteiger partial charge is 0.339 e. The molecule has 2 aromatic rings. The summed E-state index contributed by atoms with van der Waals surface area (Å²) in [7, 11) is 0. The Morgan fingerprint density at radius 2 is 2.12 bits per heavy atom. The molecule has 4 nitrogen and oxygen atoms in total. The van der Waals surface area contributed by atoms with Crippen LogP contribution >= 0.6 is 0 Å². The van der Waals surface area contributed by atoms with E-state index in [0.29, 0.717) is 5.82 Å². The maximum atomic E-state index is 12.9. The van der Waals surface area contributed by atoms with Gasteiger partial charge in [-0.1, -0.05) is 0 Å². The Morgan fingerprint density at radius 3 is 2.71 bits per heavy atom. The van der Waals surface area contributed by atoms with Gasteiger partial charge in [0, 0.05) is 5.69 Å². The molecule has 17 heavy (non-hydrogen) atoms. The average Bonchev–Trinajstić information content (AvgIpc) is 2.34. The first kappa shape index (κ1) is 11.0. The molecule has 0 aliphatic heterocycles. The lowest BCUT2D eigenvalue weighted by Crippen LogP contribution is -1.97. The molecule has 0 aliphatic carbocycles. The molecule has 0 saturated carbocycles. The van der Waals surface area contributed by atoms with E-state index in [1.807, 2.05) is 6.07 Å². The first-order chi connectivity index (χ1) is 8.19. The summed E-state index contributed by atoms with van der Waals surface area (Å²) in [4.78, 5) is 7.90. The highest BCUT2D eigenvalue weighted by Gasteiger charge is 2.02. The van der Waals surface area contributed by atoms with Crippen molar-refractivity contribution in [2.75, 3.05) is 5.32 Å². The monoisotopic (exact) mass is 228 g/mol. The molecule has 0 amide bonds. The van der Waals surface area contributed by atoms with Gasteiger partial charge in [-0.05, 0) is 30.7 Å². The van der Waals surface area contributed by atoms with Gasteiger partial charge in [0.1, 0.15) is 17.7 Å². The standard InChI is InChI=1S/C12H9FN4/c1-8-4-9(13)2-3-11(8)17-12-7-15-10(5-14)6-16-12/h2-4,6-7H,1H3,(H,16,17). The van der Waals surface area contributed by atoms with E-state index in [0.717, 1.165) is 11.3 Å². The number of anilines is 2. The molecule has 5 heteroatoms. The van der Waals surface area contributed by atoms with Crippen molar-refractivity contribution in [1.29, 1.82) is 5.26 Å². The van der Waals surface area contributed by atoms with Crippen LogP contribution in [-0.4, -0.2) is 9.97 Å². The Balaban J connectivity index is 2.23. The predicted octanol–water partition coefficient (Wildman–Crippen LogP) is 2.54. The Morgan fingerprint density at radius 1 is 1.29 bits per heavy atom. The number of aryl methyl sites for hydroxylation is 1. The normalized spacial score (nSPS) is 9.71. The minimum atomic E-state index is -0.279. The van der Waals surface area contributed by atoms with E-state index in [1.165, 1.54) is 24.5 Å². The minimum Gasteiger partial charge on any atom is -0.339 e. The smallest absolute Gasteiger partial charge is 0.158 e. The van der Waals surface area contributed by atoms with Crippen LogP contribution in [0.3, 0.4) is 0 Å². The molecule has 0 atom stereocenters. The predicted molar refractivity (Wildman–Crippen MR) is 61.2 cm³/mol. The summed E-state index contributed by atoms with van der Waals surface area (Å²) in [5.41, 5.74) is 1.79. The molecule has 1 aromatic carbocycles. The van der Waals surface area contributed by atoms with E-state index < -0.39 is 0 Å². The van der Waals surface area contributed by atoms with Crippen LogP contribution in [0.2, 0.25) is 0 Å². The molecular formula is C12H9FN4. The van der Waals surface area contributed by atoms with Gasteiger partial charge in [0.25, 0.3) is 0 Å². The number of hydrogen-bond acceptors (Lipinski definition) is 4. The molecule has 0 unspecified atom stereocenters. The van der Waals surface area contributed by atoms with Gasteiger partial charge >= 0.3 is 0 Å². The van der Waals surface area contributed by atoms with Crippen LogP contribution in [0.5, 0.6) is 0 Å². The van der Waals surface area contributed by atoms with Gasteiger partial charge in [-0.3, -0.25) is 0 Å². The Kier molecular flexibility index (Phi) is 2.97. The van der Waals surface area contributed by atoms with E-state index in [2.05, 4.69) is 15.3 Å². The van der Waals surface area contributed by atoms with Crippen LogP contribution in [-0.2, 0) is 0 Å². The number of nitrogens with zero attached hydrogens (tertiary/aromatic N) is 3. The average molecular weight is 228 g/mol. The Labute approximate surface area is 97.8 Å². The molecule has 0 spiro atoms. The van der Waals surface area contributed by atoms with Crippen molar-refractivity contribution in [2.24, 2.45) is 0 Å². The van der Waals surface area contributed by atoms with Gasteiger partial charge in [-0.25, -0.2) is 14.4 Å². The summed E-state index contributed by atoms with van der Waals surface area (Å²) < 4.78 is 12.9. The number of benzene rings is 1. The maximum Gasteiger partial charge on any atom is 0.158 e. The molecule has 1 aromatic heterocycles. The second-order valence-corrected chi connectivity index (χ2v) is 3.48. The minimum absolute atomic E-state index is 0.256. The summed E-state index contributed by atoms with van der Waals surface area (Å²) in [5, 5.41) is 11.6. The third kappa shape index (κ3) is 2.55. The molecule has 0 aliphatic rings. The molecule has 2 rings (SSSR count). The van der Waals surface area contributed by atoms with E-state index in [9.17, 15) is 4.39 Å². The van der Waals surface area contributed by atoms with Crippen LogP contribution in [0.1, 0.15) is 11.3 Å². The molecule has 0 saturated heterocycles. The zero-order valence-electron chi connectivity index (χ0n) is 9.11. The summed E-state index contributed by atoms with van der Waals surface area (Å²) >= 11 is 0. The van der Waals surface area contributed by atoms with Crippen molar-refractivity contribution >= 4 is 11.5 Å². The van der Waals surface area contributed by atoms with Crippen LogP contribution in [0.15, 0.2) is 30.6 Å². The van der Waals surface area contributed by atoms with Gasteiger partial charge in [-0.2, -0.15) is 5.26 Å². The van der Waals surface area contributed by atoms with Gasteiger partial charge < -0.3 is 5.32 Å². The van der Waals surface area contributed by atoms with Crippen LogP contribution in [0.25, 0.3) is 0 Å². The van der Waals surface area contributed by atoms with Crippen LogP contribution < -0.4 is 5.32 Å². The lowest BCUT2D eigenvalue weighted by Gasteiger charge is -2.07. The molecule has 0 bridgehead atoms. The number of rotatable bonds is 2. The molecule has 1 heterocycles. The second-order valence-electron chi connectivity index (χ2n) is 3.48. The van der Waals surface area contributed by atoms with Crippen LogP contribution in [0.4, 0.5) is 15.9 Å². The highest BCUT2D eigenvalue weighted by Crippen LogP contribution is 2.19. The number of nitrogens with one attached hydrogen (secondary N) is 1. The van der Waals surface area contributed by atoms with Crippen LogP contribution in [0, 0.1) is 24.1 Å². The fourth-order valence-electron chi connectivity index (χ4n) is 1.36. The second kappa shape index (κ2) is 4.58. The Hall–Kier alpha value is -2.48. The third-order valence-electron chi connectivity index (χ3n) is 2.22. The first-order valence-electron chi connectivity index (χ1n) is 4.94. The zero-order chi connectivity index (χ0) is 12.3. The SMILES string of the molecule is Cc1cc(F)ccc1Nc1cnc(C#N)cn1. The summed E-state index contributed by atoms with van der Waals surface area (Å²) in [6.07, 6.45) is 2.84. The molecule has 1 N–H and O–H groups in total. The number of hydrogen-bond donors (Lipinski definition) is 1. The van der Waals surface area contributed by atoms with Crippen molar-refractivity contribution in [2.45, 2.75) is 6.92 Å². The maximum absolute atomic E-state index is 12.9. The Bertz CT molecular complexity index is 572.